The van der Waals surface area contributed by atoms with Gasteiger partial charge in [0, 0.05) is 5.69 Å². The number of carbonyl (C=O) groups excluding carboxylic acids is 1. The van der Waals surface area contributed by atoms with Crippen molar-refractivity contribution >= 4 is 17.3 Å². The molecule has 0 aliphatic carbocycles. The number of aryl methyl sites for hydroxylation is 1. The van der Waals surface area contributed by atoms with Crippen molar-refractivity contribution in [1.29, 1.82) is 0 Å². The molecule has 3 rings (SSSR count). The number of esters is 1. The first kappa shape index (κ1) is 32.0. The molecule has 0 atom stereocenters. The largest absolute Gasteiger partial charge is 0.491 e. The van der Waals surface area contributed by atoms with Crippen LogP contribution < -0.4 is 10.1 Å². The van der Waals surface area contributed by atoms with E-state index in [4.69, 9.17) is 14.2 Å². The van der Waals surface area contributed by atoms with E-state index in [2.05, 4.69) is 24.4 Å². The Morgan fingerprint density at radius 2 is 1.49 bits per heavy atom. The van der Waals surface area contributed by atoms with Crippen molar-refractivity contribution in [3.63, 3.8) is 0 Å². The number of unbranched alkanes of at least 4 members (excludes halogenated alkanes) is 6. The Bertz CT molecular complexity index is 1180. The van der Waals surface area contributed by atoms with Gasteiger partial charge in [0.15, 0.2) is 0 Å². The van der Waals surface area contributed by atoms with E-state index in [9.17, 15) is 18.0 Å². The molecule has 0 spiro atoms. The second-order valence-corrected chi connectivity index (χ2v) is 9.86. The summed E-state index contributed by atoms with van der Waals surface area (Å²) in [4.78, 5) is 12.6. The lowest BCUT2D eigenvalue weighted by atomic mass is 10.0. The van der Waals surface area contributed by atoms with Gasteiger partial charge in [0.1, 0.15) is 19.0 Å². The number of nitrogens with one attached hydrogen (secondary N) is 1. The zero-order valence-corrected chi connectivity index (χ0v) is 23.7. The summed E-state index contributed by atoms with van der Waals surface area (Å²) in [5, 5.41) is 2.88. The minimum atomic E-state index is -4.46. The molecule has 0 saturated heterocycles. The summed E-state index contributed by atoms with van der Waals surface area (Å²) in [6, 6.07) is 19.4. The Kier molecular flexibility index (Phi) is 13.5. The van der Waals surface area contributed by atoms with Crippen LogP contribution in [-0.4, -0.2) is 32.4 Å². The first-order valence-electron chi connectivity index (χ1n) is 14.4. The molecule has 41 heavy (non-hydrogen) atoms. The minimum absolute atomic E-state index is 0.0318. The van der Waals surface area contributed by atoms with Gasteiger partial charge >= 0.3 is 12.1 Å². The molecule has 8 heteroatoms. The molecular formula is C33H40F3NO4. The van der Waals surface area contributed by atoms with Crippen molar-refractivity contribution in [3.05, 3.63) is 89.5 Å². The van der Waals surface area contributed by atoms with E-state index in [1.807, 2.05) is 12.1 Å². The van der Waals surface area contributed by atoms with Gasteiger partial charge in [0.2, 0.25) is 0 Å². The standard InChI is InChI=1S/C33H40F3NO4/c1-2-3-4-5-6-7-8-12-26-17-19-29(20-18-26)40-23-21-39-22-24-41-32(38)30-15-9-10-16-31(30)37-28-14-11-13-27(25-28)33(34,35)36/h9-11,13-20,25,37H,2-8,12,21-24H2,1H3. The highest BCUT2D eigenvalue weighted by atomic mass is 19.4. The lowest BCUT2D eigenvalue weighted by molar-refractivity contribution is -0.137. The molecule has 0 amide bonds. The average Bonchev–Trinajstić information content (AvgIpc) is 2.97. The van der Waals surface area contributed by atoms with E-state index < -0.39 is 17.7 Å². The molecule has 0 unspecified atom stereocenters. The molecule has 0 heterocycles. The fourth-order valence-electron chi connectivity index (χ4n) is 4.33. The molecule has 3 aromatic rings. The maximum Gasteiger partial charge on any atom is 0.416 e. The van der Waals surface area contributed by atoms with Crippen molar-refractivity contribution in [2.75, 3.05) is 31.7 Å². The molecule has 0 bridgehead atoms. The van der Waals surface area contributed by atoms with Gasteiger partial charge in [0.25, 0.3) is 0 Å². The molecule has 0 aliphatic rings. The highest BCUT2D eigenvalue weighted by Gasteiger charge is 2.30. The number of hydrogen-bond acceptors (Lipinski definition) is 5. The van der Waals surface area contributed by atoms with Crippen LogP contribution in [0.25, 0.3) is 0 Å². The smallest absolute Gasteiger partial charge is 0.416 e. The van der Waals surface area contributed by atoms with Crippen LogP contribution in [-0.2, 0) is 22.1 Å². The van der Waals surface area contributed by atoms with Crippen LogP contribution in [0.3, 0.4) is 0 Å². The maximum atomic E-state index is 13.0. The molecule has 1 N–H and O–H groups in total. The van der Waals surface area contributed by atoms with E-state index in [1.54, 1.807) is 24.3 Å². The number of halogens is 3. The summed E-state index contributed by atoms with van der Waals surface area (Å²) in [6.45, 7) is 3.17. The molecule has 0 aliphatic heterocycles. The number of anilines is 2. The van der Waals surface area contributed by atoms with Crippen LogP contribution in [0.2, 0.25) is 0 Å². The zero-order chi connectivity index (χ0) is 29.3. The molecular weight excluding hydrogens is 531 g/mol. The second kappa shape index (κ2) is 17.3. The number of carbonyl (C=O) groups is 1. The van der Waals surface area contributed by atoms with E-state index in [0.29, 0.717) is 18.9 Å². The van der Waals surface area contributed by atoms with Gasteiger partial charge in [-0.2, -0.15) is 13.2 Å². The Labute approximate surface area is 241 Å². The van der Waals surface area contributed by atoms with Crippen LogP contribution in [0.15, 0.2) is 72.8 Å². The third-order valence-corrected chi connectivity index (χ3v) is 6.57. The Morgan fingerprint density at radius 1 is 0.780 bits per heavy atom. The van der Waals surface area contributed by atoms with Crippen LogP contribution in [0, 0.1) is 0 Å². The van der Waals surface area contributed by atoms with Crippen LogP contribution in [0.5, 0.6) is 5.75 Å². The molecule has 5 nitrogen and oxygen atoms in total. The number of benzene rings is 3. The minimum Gasteiger partial charge on any atom is -0.491 e. The maximum absolute atomic E-state index is 13.0. The van der Waals surface area contributed by atoms with Crippen molar-refractivity contribution < 1.29 is 32.2 Å². The first-order valence-corrected chi connectivity index (χ1v) is 14.4. The molecule has 0 saturated carbocycles. The predicted octanol–water partition coefficient (Wildman–Crippen LogP) is 8.99. The van der Waals surface area contributed by atoms with Gasteiger partial charge in [-0.15, -0.1) is 0 Å². The number of alkyl halides is 3. The quantitative estimate of drug-likeness (QED) is 0.122. The van der Waals surface area contributed by atoms with E-state index in [1.165, 1.54) is 62.6 Å². The zero-order valence-electron chi connectivity index (χ0n) is 23.7. The van der Waals surface area contributed by atoms with Gasteiger partial charge in [-0.25, -0.2) is 4.79 Å². The van der Waals surface area contributed by atoms with E-state index in [-0.39, 0.29) is 24.5 Å². The van der Waals surface area contributed by atoms with Crippen LogP contribution >= 0.6 is 0 Å². The average molecular weight is 572 g/mol. The summed E-state index contributed by atoms with van der Waals surface area (Å²) in [5.41, 5.74) is 1.31. The summed E-state index contributed by atoms with van der Waals surface area (Å²) < 4.78 is 55.6. The van der Waals surface area contributed by atoms with Gasteiger partial charge in [-0.3, -0.25) is 0 Å². The molecule has 222 valence electrons. The number of rotatable bonds is 18. The normalized spacial score (nSPS) is 11.3. The molecule has 0 fully saturated rings. The Balaban J connectivity index is 1.31. The Hall–Kier alpha value is -3.52. The van der Waals surface area contributed by atoms with Crippen molar-refractivity contribution in [2.24, 2.45) is 0 Å². The molecule has 0 radical (unpaired) electrons. The van der Waals surface area contributed by atoms with Gasteiger partial charge in [-0.1, -0.05) is 75.8 Å². The van der Waals surface area contributed by atoms with E-state index >= 15 is 0 Å². The van der Waals surface area contributed by atoms with Gasteiger partial charge < -0.3 is 19.5 Å². The Morgan fingerprint density at radius 3 is 2.24 bits per heavy atom. The summed E-state index contributed by atoms with van der Waals surface area (Å²) in [7, 11) is 0. The summed E-state index contributed by atoms with van der Waals surface area (Å²) >= 11 is 0. The van der Waals surface area contributed by atoms with Crippen LogP contribution in [0.4, 0.5) is 24.5 Å². The summed E-state index contributed by atoms with van der Waals surface area (Å²) in [6.07, 6.45) is 5.73. The number of para-hydroxylation sites is 1. The number of ether oxygens (including phenoxy) is 3. The fourth-order valence-corrected chi connectivity index (χ4v) is 4.33. The second-order valence-electron chi connectivity index (χ2n) is 9.86. The monoisotopic (exact) mass is 571 g/mol. The van der Waals surface area contributed by atoms with Gasteiger partial charge in [-0.05, 0) is 60.9 Å². The SMILES string of the molecule is CCCCCCCCCc1ccc(OCCOCCOC(=O)c2ccccc2Nc2cccc(C(F)(F)F)c2)cc1. The lowest BCUT2D eigenvalue weighted by Crippen LogP contribution is -2.14. The van der Waals surface area contributed by atoms with Crippen molar-refractivity contribution in [1.82, 2.24) is 0 Å². The van der Waals surface area contributed by atoms with Crippen molar-refractivity contribution in [2.45, 2.75) is 64.5 Å². The van der Waals surface area contributed by atoms with E-state index in [0.717, 1.165) is 24.3 Å². The number of hydrogen-bond donors (Lipinski definition) is 1. The van der Waals surface area contributed by atoms with Crippen LogP contribution in [0.1, 0.15) is 73.4 Å². The third-order valence-electron chi connectivity index (χ3n) is 6.57. The molecule has 0 aromatic heterocycles. The fraction of sp³-hybridized carbons (Fsp3) is 0.424. The van der Waals surface area contributed by atoms with Crippen molar-refractivity contribution in [3.8, 4) is 5.75 Å². The van der Waals surface area contributed by atoms with Gasteiger partial charge in [0.05, 0.1) is 30.0 Å². The highest BCUT2D eigenvalue weighted by molar-refractivity contribution is 5.96. The predicted molar refractivity (Wildman–Crippen MR) is 156 cm³/mol. The summed E-state index contributed by atoms with van der Waals surface area (Å²) in [5.74, 6) is 0.185. The third kappa shape index (κ3) is 11.9. The molecule has 3 aromatic carbocycles. The lowest BCUT2D eigenvalue weighted by Gasteiger charge is -2.14. The topological polar surface area (TPSA) is 56.8 Å². The highest BCUT2D eigenvalue weighted by Crippen LogP contribution is 2.32. The first-order chi connectivity index (χ1) is 19.9.